The normalized spacial score (nSPS) is 16.7. The molecule has 2 aromatic rings. The number of aliphatic carboxylic acids is 1. The van der Waals surface area contributed by atoms with E-state index >= 15 is 0 Å². The first-order valence-electron chi connectivity index (χ1n) is 8.54. The maximum Gasteiger partial charge on any atom is 0.326 e. The highest BCUT2D eigenvalue weighted by Gasteiger charge is 2.29. The summed E-state index contributed by atoms with van der Waals surface area (Å²) in [5, 5.41) is 24.3. The van der Waals surface area contributed by atoms with Crippen LogP contribution in [0.2, 0.25) is 10.0 Å². The Morgan fingerprint density at radius 3 is 2.62 bits per heavy atom. The molecule has 0 bridgehead atoms. The van der Waals surface area contributed by atoms with Gasteiger partial charge in [-0.3, -0.25) is 4.79 Å². The summed E-state index contributed by atoms with van der Waals surface area (Å²) in [7, 11) is 0. The molecule has 8 heteroatoms. The number of nitrogens with one attached hydrogen (secondary N) is 2. The molecule has 0 aliphatic carbocycles. The fourth-order valence-electron chi connectivity index (χ4n) is 3.00. The SMILES string of the molecule is N#CC=Cc1ccc(NC(=O)/C=C2\CC(C(=O)O)Nc3cc(Cl)cc(Cl)c32)cc1. The van der Waals surface area contributed by atoms with Gasteiger partial charge >= 0.3 is 5.97 Å². The molecule has 1 amide bonds. The lowest BCUT2D eigenvalue weighted by molar-refractivity contribution is -0.137. The van der Waals surface area contributed by atoms with Crippen molar-refractivity contribution >= 4 is 58.1 Å². The number of nitrogens with zero attached hydrogens (tertiary/aromatic N) is 1. The van der Waals surface area contributed by atoms with Crippen LogP contribution in [0.4, 0.5) is 11.4 Å². The lowest BCUT2D eigenvalue weighted by atomic mass is 9.92. The van der Waals surface area contributed by atoms with Crippen molar-refractivity contribution in [3.8, 4) is 6.07 Å². The van der Waals surface area contributed by atoms with Gasteiger partial charge in [-0.25, -0.2) is 4.79 Å². The second-order valence-electron chi connectivity index (χ2n) is 6.29. The van der Waals surface area contributed by atoms with Crippen LogP contribution in [0.5, 0.6) is 0 Å². The summed E-state index contributed by atoms with van der Waals surface area (Å²) < 4.78 is 0. The lowest BCUT2D eigenvalue weighted by Gasteiger charge is -2.27. The largest absolute Gasteiger partial charge is 0.480 e. The molecule has 2 aromatic carbocycles. The van der Waals surface area contributed by atoms with Gasteiger partial charge in [-0.1, -0.05) is 35.3 Å². The van der Waals surface area contributed by atoms with E-state index < -0.39 is 17.9 Å². The van der Waals surface area contributed by atoms with Crippen LogP contribution in [0.15, 0.2) is 48.6 Å². The van der Waals surface area contributed by atoms with Gasteiger partial charge in [0.25, 0.3) is 0 Å². The van der Waals surface area contributed by atoms with Crippen molar-refractivity contribution in [1.82, 2.24) is 0 Å². The van der Waals surface area contributed by atoms with Crippen molar-refractivity contribution in [2.24, 2.45) is 0 Å². The fraction of sp³-hybridized carbons (Fsp3) is 0.0952. The molecular formula is C21H15Cl2N3O3. The molecule has 1 aliphatic heterocycles. The Hall–Kier alpha value is -3.27. The van der Waals surface area contributed by atoms with Crippen LogP contribution in [0.25, 0.3) is 11.6 Å². The molecule has 0 aromatic heterocycles. The van der Waals surface area contributed by atoms with Gasteiger partial charge in [0.05, 0.1) is 11.1 Å². The first kappa shape index (κ1) is 20.5. The van der Waals surface area contributed by atoms with Crippen molar-refractivity contribution in [1.29, 1.82) is 5.26 Å². The number of allylic oxidation sites excluding steroid dienone is 1. The Bertz CT molecular complexity index is 1070. The zero-order chi connectivity index (χ0) is 21.0. The second-order valence-corrected chi connectivity index (χ2v) is 7.14. The van der Waals surface area contributed by atoms with Crippen LogP contribution in [0.3, 0.4) is 0 Å². The summed E-state index contributed by atoms with van der Waals surface area (Å²) >= 11 is 12.3. The molecule has 0 spiro atoms. The Balaban J connectivity index is 1.87. The zero-order valence-corrected chi connectivity index (χ0v) is 16.5. The quantitative estimate of drug-likeness (QED) is 0.479. The average molecular weight is 428 g/mol. The summed E-state index contributed by atoms with van der Waals surface area (Å²) in [6.45, 7) is 0. The number of hydrogen-bond acceptors (Lipinski definition) is 4. The summed E-state index contributed by atoms with van der Waals surface area (Å²) in [6.07, 6.45) is 4.45. The standard InChI is InChI=1S/C21H15Cl2N3O3/c22-14-10-16(23)20-13(8-18(21(28)29)26-17(20)11-14)9-19(27)25-15-5-3-12(4-6-15)2-1-7-24/h1-6,9-11,18,26H,8H2,(H,25,27)(H,28,29)/b2-1?,13-9+. The summed E-state index contributed by atoms with van der Waals surface area (Å²) in [6, 6.07) is 11.1. The van der Waals surface area contributed by atoms with Crippen LogP contribution in [-0.2, 0) is 9.59 Å². The number of carbonyl (C=O) groups excluding carboxylic acids is 1. The molecule has 1 aliphatic rings. The summed E-state index contributed by atoms with van der Waals surface area (Å²) in [5.41, 5.74) is 2.91. The Morgan fingerprint density at radius 2 is 1.97 bits per heavy atom. The molecular weight excluding hydrogens is 413 g/mol. The number of hydrogen-bond donors (Lipinski definition) is 3. The van der Waals surface area contributed by atoms with Crippen LogP contribution < -0.4 is 10.6 Å². The minimum absolute atomic E-state index is 0.0923. The van der Waals surface area contributed by atoms with Gasteiger partial charge in [0.15, 0.2) is 0 Å². The van der Waals surface area contributed by atoms with Crippen molar-refractivity contribution in [3.63, 3.8) is 0 Å². The number of benzene rings is 2. The highest BCUT2D eigenvalue weighted by Crippen LogP contribution is 2.40. The molecule has 0 radical (unpaired) electrons. The van der Waals surface area contributed by atoms with Gasteiger partial charge < -0.3 is 15.7 Å². The molecule has 6 nitrogen and oxygen atoms in total. The predicted octanol–water partition coefficient (Wildman–Crippen LogP) is 4.82. The van der Waals surface area contributed by atoms with Crippen LogP contribution >= 0.6 is 23.2 Å². The van der Waals surface area contributed by atoms with Crippen molar-refractivity contribution in [2.45, 2.75) is 12.5 Å². The van der Waals surface area contributed by atoms with E-state index in [-0.39, 0.29) is 6.42 Å². The molecule has 0 fully saturated rings. The maximum atomic E-state index is 12.5. The number of fused-ring (bicyclic) bond motifs is 1. The number of nitriles is 1. The Kier molecular flexibility index (Phi) is 6.23. The van der Waals surface area contributed by atoms with E-state index in [1.54, 1.807) is 42.5 Å². The van der Waals surface area contributed by atoms with Gasteiger partial charge in [0.2, 0.25) is 5.91 Å². The third-order valence-corrected chi connectivity index (χ3v) is 4.78. The maximum absolute atomic E-state index is 12.5. The number of rotatable bonds is 4. The average Bonchev–Trinajstić information content (AvgIpc) is 2.66. The Morgan fingerprint density at radius 1 is 1.24 bits per heavy atom. The molecule has 29 heavy (non-hydrogen) atoms. The first-order chi connectivity index (χ1) is 13.9. The summed E-state index contributed by atoms with van der Waals surface area (Å²) in [4.78, 5) is 24.0. The molecule has 0 saturated heterocycles. The number of amides is 1. The topological polar surface area (TPSA) is 102 Å². The van der Waals surface area contributed by atoms with E-state index in [2.05, 4.69) is 10.6 Å². The van der Waals surface area contributed by atoms with Gasteiger partial charge in [-0.05, 0) is 41.5 Å². The minimum atomic E-state index is -1.04. The van der Waals surface area contributed by atoms with Gasteiger partial charge in [0.1, 0.15) is 6.04 Å². The van der Waals surface area contributed by atoms with Crippen LogP contribution in [0, 0.1) is 11.3 Å². The van der Waals surface area contributed by atoms with Gasteiger partial charge in [-0.15, -0.1) is 0 Å². The van der Waals surface area contributed by atoms with Crippen LogP contribution in [0.1, 0.15) is 17.5 Å². The minimum Gasteiger partial charge on any atom is -0.480 e. The van der Waals surface area contributed by atoms with Crippen molar-refractivity contribution in [3.05, 3.63) is 69.7 Å². The predicted molar refractivity (Wildman–Crippen MR) is 114 cm³/mol. The molecule has 146 valence electrons. The number of carbonyl (C=O) groups is 2. The Labute approximate surface area is 177 Å². The fourth-order valence-corrected chi connectivity index (χ4v) is 3.62. The van der Waals surface area contributed by atoms with Crippen molar-refractivity contribution < 1.29 is 14.7 Å². The molecule has 3 rings (SSSR count). The van der Waals surface area contributed by atoms with Crippen molar-refractivity contribution in [2.75, 3.05) is 10.6 Å². The molecule has 0 saturated carbocycles. The first-order valence-corrected chi connectivity index (χ1v) is 9.29. The smallest absolute Gasteiger partial charge is 0.326 e. The van der Waals surface area contributed by atoms with E-state index in [1.165, 1.54) is 12.2 Å². The van der Waals surface area contributed by atoms with E-state index in [1.807, 2.05) is 6.07 Å². The van der Waals surface area contributed by atoms with E-state index in [4.69, 9.17) is 28.5 Å². The van der Waals surface area contributed by atoms with Crippen LogP contribution in [-0.4, -0.2) is 23.0 Å². The number of halogens is 2. The number of anilines is 2. The van der Waals surface area contributed by atoms with E-state index in [9.17, 15) is 14.7 Å². The number of carboxylic acids is 1. The highest BCUT2D eigenvalue weighted by molar-refractivity contribution is 6.36. The van der Waals surface area contributed by atoms with Gasteiger partial charge in [-0.2, -0.15) is 5.26 Å². The third kappa shape index (κ3) is 4.96. The third-order valence-electron chi connectivity index (χ3n) is 4.26. The van der Waals surface area contributed by atoms with Gasteiger partial charge in [0, 0.05) is 40.5 Å². The second kappa shape index (κ2) is 8.82. The molecule has 3 N–H and O–H groups in total. The zero-order valence-electron chi connectivity index (χ0n) is 14.9. The number of carboxylic acid groups (broad SMARTS) is 1. The molecule has 1 unspecified atom stereocenters. The lowest BCUT2D eigenvalue weighted by Crippen LogP contribution is -2.33. The highest BCUT2D eigenvalue weighted by atomic mass is 35.5. The molecule has 1 atom stereocenters. The monoisotopic (exact) mass is 427 g/mol. The summed E-state index contributed by atoms with van der Waals surface area (Å²) in [5.74, 6) is -1.46. The van der Waals surface area contributed by atoms with E-state index in [0.717, 1.165) is 5.56 Å². The van der Waals surface area contributed by atoms with E-state index in [0.29, 0.717) is 32.6 Å². The molecule has 1 heterocycles.